The molecule has 0 radical (unpaired) electrons. The van der Waals surface area contributed by atoms with Gasteiger partial charge in [0.1, 0.15) is 19.3 Å². The molecular weight excluding hydrogens is 316 g/mol. The molecule has 2 rings (SSSR count). The van der Waals surface area contributed by atoms with E-state index in [9.17, 15) is 14.4 Å². The SMILES string of the molecule is CCC1CC(CC)C(C(=O)OC2COC(=O)C2)C1C(=O)OCCO. The molecule has 24 heavy (non-hydrogen) atoms. The largest absolute Gasteiger partial charge is 0.463 e. The van der Waals surface area contributed by atoms with Crippen molar-refractivity contribution in [1.29, 1.82) is 0 Å². The molecule has 2 aliphatic rings. The van der Waals surface area contributed by atoms with Gasteiger partial charge in [-0.25, -0.2) is 0 Å². The van der Waals surface area contributed by atoms with Gasteiger partial charge >= 0.3 is 17.9 Å². The standard InChI is InChI=1S/C17H26O7/c1-3-10-7-11(4-2)15(14(10)16(20)22-6-5-18)17(21)24-12-8-13(19)23-9-12/h10-12,14-15,18H,3-9H2,1-2H3. The number of hydrogen-bond donors (Lipinski definition) is 1. The van der Waals surface area contributed by atoms with E-state index in [0.29, 0.717) is 0 Å². The molecular formula is C17H26O7. The van der Waals surface area contributed by atoms with E-state index < -0.39 is 29.9 Å². The fourth-order valence-corrected chi connectivity index (χ4v) is 3.84. The molecule has 0 aromatic heterocycles. The van der Waals surface area contributed by atoms with Crippen molar-refractivity contribution in [2.24, 2.45) is 23.7 Å². The van der Waals surface area contributed by atoms with Gasteiger partial charge in [0.2, 0.25) is 0 Å². The van der Waals surface area contributed by atoms with Gasteiger partial charge < -0.3 is 19.3 Å². The van der Waals surface area contributed by atoms with E-state index in [4.69, 9.17) is 19.3 Å². The summed E-state index contributed by atoms with van der Waals surface area (Å²) in [7, 11) is 0. The van der Waals surface area contributed by atoms with Crippen molar-refractivity contribution in [2.75, 3.05) is 19.8 Å². The van der Waals surface area contributed by atoms with Crippen LogP contribution in [-0.4, -0.2) is 48.9 Å². The van der Waals surface area contributed by atoms with Gasteiger partial charge in [-0.15, -0.1) is 0 Å². The highest BCUT2D eigenvalue weighted by atomic mass is 16.6. The summed E-state index contributed by atoms with van der Waals surface area (Å²) in [4.78, 5) is 36.3. The Morgan fingerprint density at radius 1 is 1.17 bits per heavy atom. The molecule has 136 valence electrons. The quantitative estimate of drug-likeness (QED) is 0.546. The Bertz CT molecular complexity index is 476. The van der Waals surface area contributed by atoms with Crippen LogP contribution in [-0.2, 0) is 28.6 Å². The van der Waals surface area contributed by atoms with Crippen molar-refractivity contribution in [3.63, 3.8) is 0 Å². The average Bonchev–Trinajstić information content (AvgIpc) is 3.15. The number of carbonyl (C=O) groups is 3. The van der Waals surface area contributed by atoms with Crippen LogP contribution in [0.4, 0.5) is 0 Å². The van der Waals surface area contributed by atoms with Gasteiger partial charge in [-0.3, -0.25) is 14.4 Å². The van der Waals surface area contributed by atoms with E-state index >= 15 is 0 Å². The number of rotatable bonds is 7. The molecule has 7 heteroatoms. The van der Waals surface area contributed by atoms with Crippen LogP contribution < -0.4 is 0 Å². The molecule has 0 spiro atoms. The van der Waals surface area contributed by atoms with Crippen LogP contribution in [0.5, 0.6) is 0 Å². The molecule has 0 bridgehead atoms. The minimum Gasteiger partial charge on any atom is -0.463 e. The van der Waals surface area contributed by atoms with Crippen LogP contribution in [0.1, 0.15) is 39.5 Å². The summed E-state index contributed by atoms with van der Waals surface area (Å²) in [6.07, 6.45) is 1.79. The van der Waals surface area contributed by atoms with Crippen LogP contribution >= 0.6 is 0 Å². The number of hydrogen-bond acceptors (Lipinski definition) is 7. The van der Waals surface area contributed by atoms with E-state index in [0.717, 1.165) is 19.3 Å². The van der Waals surface area contributed by atoms with E-state index in [1.165, 1.54) is 0 Å². The lowest BCUT2D eigenvalue weighted by molar-refractivity contribution is -0.165. The fraction of sp³-hybridized carbons (Fsp3) is 0.824. The lowest BCUT2D eigenvalue weighted by Crippen LogP contribution is -2.36. The lowest BCUT2D eigenvalue weighted by Gasteiger charge is -2.24. The summed E-state index contributed by atoms with van der Waals surface area (Å²) >= 11 is 0. The van der Waals surface area contributed by atoms with Crippen LogP contribution in [0.3, 0.4) is 0 Å². The molecule has 1 aliphatic heterocycles. The molecule has 1 saturated carbocycles. The zero-order valence-electron chi connectivity index (χ0n) is 14.2. The first-order valence-corrected chi connectivity index (χ1v) is 8.65. The van der Waals surface area contributed by atoms with Gasteiger partial charge in [-0.2, -0.15) is 0 Å². The number of carbonyl (C=O) groups excluding carboxylic acids is 3. The highest BCUT2D eigenvalue weighted by molar-refractivity contribution is 5.84. The van der Waals surface area contributed by atoms with Crippen molar-refractivity contribution < 1.29 is 33.7 Å². The minimum atomic E-state index is -0.572. The molecule has 5 atom stereocenters. The smallest absolute Gasteiger partial charge is 0.310 e. The summed E-state index contributed by atoms with van der Waals surface area (Å²) in [6, 6.07) is 0. The molecule has 7 nitrogen and oxygen atoms in total. The van der Waals surface area contributed by atoms with Gasteiger partial charge in [0.25, 0.3) is 0 Å². The third-order valence-electron chi connectivity index (χ3n) is 5.04. The average molecular weight is 342 g/mol. The number of aliphatic hydroxyl groups is 1. The third kappa shape index (κ3) is 4.06. The topological polar surface area (TPSA) is 99.1 Å². The molecule has 0 aromatic rings. The Labute approximate surface area is 141 Å². The maximum atomic E-state index is 12.7. The predicted octanol–water partition coefficient (Wildman–Crippen LogP) is 1.07. The molecule has 1 heterocycles. The van der Waals surface area contributed by atoms with Gasteiger partial charge in [-0.1, -0.05) is 26.7 Å². The van der Waals surface area contributed by atoms with E-state index in [-0.39, 0.29) is 44.0 Å². The Kier molecular flexibility index (Phi) is 6.60. The number of esters is 3. The van der Waals surface area contributed by atoms with E-state index in [1.54, 1.807) is 0 Å². The molecule has 1 aliphatic carbocycles. The first-order chi connectivity index (χ1) is 11.5. The van der Waals surface area contributed by atoms with Crippen LogP contribution in [0, 0.1) is 23.7 Å². The molecule has 5 unspecified atom stereocenters. The first kappa shape index (κ1) is 18.7. The van der Waals surface area contributed by atoms with Gasteiger partial charge in [0, 0.05) is 0 Å². The number of aliphatic hydroxyl groups excluding tert-OH is 1. The molecule has 2 fully saturated rings. The fourth-order valence-electron chi connectivity index (χ4n) is 3.84. The number of cyclic esters (lactones) is 1. The van der Waals surface area contributed by atoms with Crippen molar-refractivity contribution in [3.05, 3.63) is 0 Å². The second kappa shape index (κ2) is 8.46. The van der Waals surface area contributed by atoms with Crippen LogP contribution in [0.15, 0.2) is 0 Å². The predicted molar refractivity (Wildman–Crippen MR) is 82.7 cm³/mol. The molecule has 0 amide bonds. The summed E-state index contributed by atoms with van der Waals surface area (Å²) in [5, 5.41) is 8.85. The zero-order chi connectivity index (χ0) is 17.7. The molecule has 1 saturated heterocycles. The Morgan fingerprint density at radius 3 is 2.29 bits per heavy atom. The Hall–Kier alpha value is -1.63. The summed E-state index contributed by atoms with van der Waals surface area (Å²) in [6.45, 7) is 3.73. The normalized spacial score (nSPS) is 32.5. The summed E-state index contributed by atoms with van der Waals surface area (Å²) in [5.41, 5.74) is 0. The maximum Gasteiger partial charge on any atom is 0.310 e. The summed E-state index contributed by atoms with van der Waals surface area (Å²) < 4.78 is 15.3. The minimum absolute atomic E-state index is 0.0483. The molecule has 0 aromatic carbocycles. The number of ether oxygens (including phenoxy) is 3. The highest BCUT2D eigenvalue weighted by Gasteiger charge is 2.51. The maximum absolute atomic E-state index is 12.7. The third-order valence-corrected chi connectivity index (χ3v) is 5.04. The van der Waals surface area contributed by atoms with Crippen molar-refractivity contribution >= 4 is 17.9 Å². The monoisotopic (exact) mass is 342 g/mol. The van der Waals surface area contributed by atoms with Crippen molar-refractivity contribution in [2.45, 2.75) is 45.6 Å². The summed E-state index contributed by atoms with van der Waals surface area (Å²) in [5.74, 6) is -2.30. The van der Waals surface area contributed by atoms with Crippen LogP contribution in [0.2, 0.25) is 0 Å². The second-order valence-corrected chi connectivity index (χ2v) is 6.46. The van der Waals surface area contributed by atoms with Gasteiger partial charge in [0.05, 0.1) is 24.9 Å². The lowest BCUT2D eigenvalue weighted by atomic mass is 9.85. The van der Waals surface area contributed by atoms with Crippen LogP contribution in [0.25, 0.3) is 0 Å². The van der Waals surface area contributed by atoms with E-state index in [1.807, 2.05) is 13.8 Å². The van der Waals surface area contributed by atoms with Crippen molar-refractivity contribution in [1.82, 2.24) is 0 Å². The van der Waals surface area contributed by atoms with Crippen molar-refractivity contribution in [3.8, 4) is 0 Å². The second-order valence-electron chi connectivity index (χ2n) is 6.46. The van der Waals surface area contributed by atoms with Gasteiger partial charge in [0.15, 0.2) is 0 Å². The van der Waals surface area contributed by atoms with E-state index in [2.05, 4.69) is 0 Å². The Balaban J connectivity index is 2.12. The zero-order valence-corrected chi connectivity index (χ0v) is 14.2. The molecule has 1 N–H and O–H groups in total. The first-order valence-electron chi connectivity index (χ1n) is 8.65. The Morgan fingerprint density at radius 2 is 1.79 bits per heavy atom. The van der Waals surface area contributed by atoms with Gasteiger partial charge in [-0.05, 0) is 18.3 Å². The highest BCUT2D eigenvalue weighted by Crippen LogP contribution is 2.46.